The van der Waals surface area contributed by atoms with Gasteiger partial charge in [0.15, 0.2) is 0 Å². The van der Waals surface area contributed by atoms with E-state index in [0.29, 0.717) is 6.61 Å². The largest absolute Gasteiger partial charge is 0.496 e. The first-order chi connectivity index (χ1) is 8.07. The average Bonchev–Trinajstić information content (AvgIpc) is 2.32. The van der Waals surface area contributed by atoms with E-state index in [1.54, 1.807) is 7.11 Å². The van der Waals surface area contributed by atoms with Crippen LogP contribution in [0.25, 0.3) is 0 Å². The second-order valence-corrected chi connectivity index (χ2v) is 4.95. The van der Waals surface area contributed by atoms with Crippen molar-refractivity contribution in [2.75, 3.05) is 20.3 Å². The van der Waals surface area contributed by atoms with Crippen molar-refractivity contribution in [1.29, 1.82) is 0 Å². The smallest absolute Gasteiger partial charge is 0.122 e. The molecule has 0 radical (unpaired) electrons. The van der Waals surface area contributed by atoms with Crippen LogP contribution in [0.2, 0.25) is 0 Å². The van der Waals surface area contributed by atoms with Gasteiger partial charge in [-0.25, -0.2) is 0 Å². The normalized spacial score (nSPS) is 24.7. The average molecular weight is 235 g/mol. The zero-order valence-corrected chi connectivity index (χ0v) is 10.9. The number of rotatable bonds is 2. The SMILES string of the molecule is COc1cc(C)c(C2(N)CCCOC2)cc1C. The second kappa shape index (κ2) is 4.67. The Kier molecular flexibility index (Phi) is 3.40. The van der Waals surface area contributed by atoms with Crippen LogP contribution in [-0.2, 0) is 10.3 Å². The summed E-state index contributed by atoms with van der Waals surface area (Å²) in [5, 5.41) is 0. The molecular weight excluding hydrogens is 214 g/mol. The van der Waals surface area contributed by atoms with Crippen LogP contribution in [0.1, 0.15) is 29.5 Å². The lowest BCUT2D eigenvalue weighted by Gasteiger charge is -2.35. The molecule has 0 spiro atoms. The van der Waals surface area contributed by atoms with E-state index in [-0.39, 0.29) is 5.54 Å². The maximum absolute atomic E-state index is 6.48. The van der Waals surface area contributed by atoms with Gasteiger partial charge in [0.25, 0.3) is 0 Å². The number of hydrogen-bond donors (Lipinski definition) is 1. The first-order valence-electron chi connectivity index (χ1n) is 6.09. The molecule has 1 aliphatic heterocycles. The van der Waals surface area contributed by atoms with Crippen LogP contribution in [-0.4, -0.2) is 20.3 Å². The standard InChI is InChI=1S/C14H21NO2/c1-10-8-13(16-3)11(2)7-12(10)14(15)5-4-6-17-9-14/h7-8H,4-6,9,15H2,1-3H3. The van der Waals surface area contributed by atoms with Crippen LogP contribution in [0.3, 0.4) is 0 Å². The Morgan fingerprint density at radius 3 is 2.65 bits per heavy atom. The van der Waals surface area contributed by atoms with Gasteiger partial charge < -0.3 is 15.2 Å². The summed E-state index contributed by atoms with van der Waals surface area (Å²) < 4.78 is 10.9. The van der Waals surface area contributed by atoms with E-state index in [9.17, 15) is 0 Å². The lowest BCUT2D eigenvalue weighted by molar-refractivity contribution is 0.0364. The van der Waals surface area contributed by atoms with E-state index in [1.807, 2.05) is 0 Å². The maximum Gasteiger partial charge on any atom is 0.122 e. The van der Waals surface area contributed by atoms with E-state index >= 15 is 0 Å². The van der Waals surface area contributed by atoms with Gasteiger partial charge in [0, 0.05) is 6.61 Å². The molecule has 1 aromatic rings. The number of nitrogens with two attached hydrogens (primary N) is 1. The van der Waals surface area contributed by atoms with Gasteiger partial charge in [0.2, 0.25) is 0 Å². The van der Waals surface area contributed by atoms with Crippen LogP contribution in [0.4, 0.5) is 0 Å². The monoisotopic (exact) mass is 235 g/mol. The predicted molar refractivity (Wildman–Crippen MR) is 68.4 cm³/mol. The summed E-state index contributed by atoms with van der Waals surface area (Å²) in [6.45, 7) is 5.57. The molecule has 1 fully saturated rings. The molecule has 2 N–H and O–H groups in total. The fraction of sp³-hybridized carbons (Fsp3) is 0.571. The Labute approximate surface area is 103 Å². The van der Waals surface area contributed by atoms with E-state index < -0.39 is 0 Å². The highest BCUT2D eigenvalue weighted by Gasteiger charge is 2.32. The van der Waals surface area contributed by atoms with Crippen molar-refractivity contribution >= 4 is 0 Å². The van der Waals surface area contributed by atoms with Crippen LogP contribution >= 0.6 is 0 Å². The lowest BCUT2D eigenvalue weighted by atomic mass is 9.82. The van der Waals surface area contributed by atoms with Crippen molar-refractivity contribution < 1.29 is 9.47 Å². The van der Waals surface area contributed by atoms with Crippen LogP contribution in [0, 0.1) is 13.8 Å². The van der Waals surface area contributed by atoms with Gasteiger partial charge in [0.05, 0.1) is 19.3 Å². The van der Waals surface area contributed by atoms with Crippen LogP contribution < -0.4 is 10.5 Å². The van der Waals surface area contributed by atoms with E-state index in [0.717, 1.165) is 30.8 Å². The van der Waals surface area contributed by atoms with E-state index in [4.69, 9.17) is 15.2 Å². The van der Waals surface area contributed by atoms with Crippen molar-refractivity contribution in [3.05, 3.63) is 28.8 Å². The van der Waals surface area contributed by atoms with Gasteiger partial charge in [-0.05, 0) is 49.4 Å². The molecule has 17 heavy (non-hydrogen) atoms. The topological polar surface area (TPSA) is 44.5 Å². The quantitative estimate of drug-likeness (QED) is 0.855. The van der Waals surface area contributed by atoms with E-state index in [2.05, 4.69) is 26.0 Å². The molecule has 1 unspecified atom stereocenters. The third-order valence-corrected chi connectivity index (χ3v) is 3.55. The summed E-state index contributed by atoms with van der Waals surface area (Å²) in [5.41, 5.74) is 9.64. The minimum absolute atomic E-state index is 0.334. The van der Waals surface area contributed by atoms with Gasteiger partial charge in [-0.3, -0.25) is 0 Å². The highest BCUT2D eigenvalue weighted by atomic mass is 16.5. The summed E-state index contributed by atoms with van der Waals surface area (Å²) in [4.78, 5) is 0. The molecule has 1 atom stereocenters. The number of benzene rings is 1. The highest BCUT2D eigenvalue weighted by Crippen LogP contribution is 2.33. The number of hydrogen-bond acceptors (Lipinski definition) is 3. The summed E-state index contributed by atoms with van der Waals surface area (Å²) in [6, 6.07) is 4.21. The van der Waals surface area contributed by atoms with Crippen LogP contribution in [0.15, 0.2) is 12.1 Å². The van der Waals surface area contributed by atoms with Crippen molar-refractivity contribution in [3.8, 4) is 5.75 Å². The first kappa shape index (κ1) is 12.4. The predicted octanol–water partition coefficient (Wildman–Crippen LogP) is 2.28. The lowest BCUT2D eigenvalue weighted by Crippen LogP contribution is -2.45. The van der Waals surface area contributed by atoms with Gasteiger partial charge in [-0.15, -0.1) is 0 Å². The Bertz CT molecular complexity index is 409. The summed E-state index contributed by atoms with van der Waals surface area (Å²) in [5.74, 6) is 0.923. The third-order valence-electron chi connectivity index (χ3n) is 3.55. The molecule has 1 saturated heterocycles. The Morgan fingerprint density at radius 2 is 2.06 bits per heavy atom. The van der Waals surface area contributed by atoms with Gasteiger partial charge in [0.1, 0.15) is 5.75 Å². The van der Waals surface area contributed by atoms with Crippen molar-refractivity contribution in [2.24, 2.45) is 5.73 Å². The fourth-order valence-electron chi connectivity index (χ4n) is 2.57. The zero-order chi connectivity index (χ0) is 12.5. The van der Waals surface area contributed by atoms with Crippen LogP contribution in [0.5, 0.6) is 5.75 Å². The number of methoxy groups -OCH3 is 1. The molecule has 1 aromatic carbocycles. The molecule has 94 valence electrons. The fourth-order valence-corrected chi connectivity index (χ4v) is 2.57. The summed E-state index contributed by atoms with van der Waals surface area (Å²) >= 11 is 0. The molecule has 0 amide bonds. The number of aryl methyl sites for hydroxylation is 2. The molecule has 2 rings (SSSR count). The van der Waals surface area contributed by atoms with Crippen molar-refractivity contribution in [3.63, 3.8) is 0 Å². The Morgan fingerprint density at radius 1 is 1.29 bits per heavy atom. The molecule has 0 aliphatic carbocycles. The van der Waals surface area contributed by atoms with Gasteiger partial charge in [-0.1, -0.05) is 6.07 Å². The first-order valence-corrected chi connectivity index (χ1v) is 6.09. The molecule has 0 saturated carbocycles. The third kappa shape index (κ3) is 2.31. The van der Waals surface area contributed by atoms with Crippen molar-refractivity contribution in [2.45, 2.75) is 32.2 Å². The minimum atomic E-state index is -0.334. The second-order valence-electron chi connectivity index (χ2n) is 4.95. The Hall–Kier alpha value is -1.06. The van der Waals surface area contributed by atoms with Crippen molar-refractivity contribution in [1.82, 2.24) is 0 Å². The molecule has 1 heterocycles. The summed E-state index contributed by atoms with van der Waals surface area (Å²) in [6.07, 6.45) is 2.01. The zero-order valence-electron chi connectivity index (χ0n) is 10.9. The summed E-state index contributed by atoms with van der Waals surface area (Å²) in [7, 11) is 1.70. The van der Waals surface area contributed by atoms with Gasteiger partial charge >= 0.3 is 0 Å². The molecular formula is C14H21NO2. The minimum Gasteiger partial charge on any atom is -0.496 e. The molecule has 3 nitrogen and oxygen atoms in total. The molecule has 3 heteroatoms. The number of ether oxygens (including phenoxy) is 2. The maximum atomic E-state index is 6.48. The van der Waals surface area contributed by atoms with E-state index in [1.165, 1.54) is 11.1 Å². The Balaban J connectivity index is 2.41. The molecule has 1 aliphatic rings. The molecule has 0 aromatic heterocycles. The highest BCUT2D eigenvalue weighted by molar-refractivity contribution is 5.44. The molecule has 0 bridgehead atoms. The van der Waals surface area contributed by atoms with Gasteiger partial charge in [-0.2, -0.15) is 0 Å².